The summed E-state index contributed by atoms with van der Waals surface area (Å²) in [7, 11) is 0. The van der Waals surface area contributed by atoms with Crippen LogP contribution in [0.4, 0.5) is 4.39 Å². The van der Waals surface area contributed by atoms with Crippen LogP contribution in [0.3, 0.4) is 0 Å². The zero-order valence-corrected chi connectivity index (χ0v) is 13.6. The van der Waals surface area contributed by atoms with E-state index in [4.69, 9.17) is 5.73 Å². The second kappa shape index (κ2) is 7.25. The second-order valence-electron chi connectivity index (χ2n) is 4.56. The molecule has 0 spiro atoms. The van der Waals surface area contributed by atoms with Crippen molar-refractivity contribution in [3.05, 3.63) is 64.4 Å². The Morgan fingerprint density at radius 2 is 1.80 bits per heavy atom. The summed E-state index contributed by atoms with van der Waals surface area (Å²) in [5, 5.41) is -0.0973. The highest BCUT2D eigenvalue weighted by molar-refractivity contribution is 9.10. The third-order valence-electron chi connectivity index (χ3n) is 3.16. The molecule has 0 saturated carbocycles. The monoisotopic (exact) mass is 353 g/mol. The van der Waals surface area contributed by atoms with Gasteiger partial charge in [0.2, 0.25) is 0 Å². The van der Waals surface area contributed by atoms with Crippen molar-refractivity contribution in [3.8, 4) is 0 Å². The summed E-state index contributed by atoms with van der Waals surface area (Å²) in [6.45, 7) is 2.03. The smallest absolute Gasteiger partial charge is 0.127 e. The summed E-state index contributed by atoms with van der Waals surface area (Å²) in [5.41, 5.74) is 6.88. The molecule has 2 aromatic rings. The lowest BCUT2D eigenvalue weighted by Crippen LogP contribution is -2.26. The van der Waals surface area contributed by atoms with Crippen LogP contribution in [0.25, 0.3) is 0 Å². The maximum absolute atomic E-state index is 14.1. The van der Waals surface area contributed by atoms with Gasteiger partial charge in [-0.05, 0) is 40.5 Å². The largest absolute Gasteiger partial charge is 0.326 e. The van der Waals surface area contributed by atoms with Crippen molar-refractivity contribution < 1.29 is 4.39 Å². The Labute approximate surface area is 131 Å². The Balaban J connectivity index is 2.35. The number of thioether (sulfide) groups is 1. The molecule has 0 saturated heterocycles. The summed E-state index contributed by atoms with van der Waals surface area (Å²) >= 11 is 5.13. The van der Waals surface area contributed by atoms with Gasteiger partial charge in [0.25, 0.3) is 0 Å². The lowest BCUT2D eigenvalue weighted by atomic mass is 10.0. The Hall–Kier alpha value is -0.840. The zero-order chi connectivity index (χ0) is 14.5. The average Bonchev–Trinajstić information content (AvgIpc) is 2.47. The molecular weight excluding hydrogens is 337 g/mol. The van der Waals surface area contributed by atoms with Gasteiger partial charge in [0.15, 0.2) is 0 Å². The molecule has 4 heteroatoms. The number of nitrogens with two attached hydrogens (primary N) is 1. The van der Waals surface area contributed by atoms with E-state index in [-0.39, 0.29) is 17.1 Å². The van der Waals surface area contributed by atoms with E-state index in [9.17, 15) is 4.39 Å². The molecule has 0 bridgehead atoms. The topological polar surface area (TPSA) is 26.0 Å². The molecule has 106 valence electrons. The first-order valence-corrected chi connectivity index (χ1v) is 8.22. The van der Waals surface area contributed by atoms with Gasteiger partial charge in [0, 0.05) is 21.0 Å². The molecule has 0 heterocycles. The molecule has 2 atom stereocenters. The predicted molar refractivity (Wildman–Crippen MR) is 87.4 cm³/mol. The molecule has 0 aliphatic heterocycles. The lowest BCUT2D eigenvalue weighted by molar-refractivity contribution is 0.572. The highest BCUT2D eigenvalue weighted by Gasteiger charge is 2.23. The van der Waals surface area contributed by atoms with Crippen LogP contribution in [0.15, 0.2) is 57.9 Å². The summed E-state index contributed by atoms with van der Waals surface area (Å²) < 4.78 is 15.1. The first-order valence-electron chi connectivity index (χ1n) is 6.54. The molecule has 2 rings (SSSR count). The van der Waals surface area contributed by atoms with Gasteiger partial charge >= 0.3 is 0 Å². The minimum atomic E-state index is -0.194. The van der Waals surface area contributed by atoms with Crippen molar-refractivity contribution in [2.75, 3.05) is 0 Å². The number of benzene rings is 2. The maximum Gasteiger partial charge on any atom is 0.127 e. The first-order chi connectivity index (χ1) is 9.63. The van der Waals surface area contributed by atoms with Crippen LogP contribution in [0.5, 0.6) is 0 Å². The van der Waals surface area contributed by atoms with Crippen molar-refractivity contribution in [3.63, 3.8) is 0 Å². The third kappa shape index (κ3) is 3.62. The van der Waals surface area contributed by atoms with Crippen LogP contribution in [0.2, 0.25) is 0 Å². The maximum atomic E-state index is 14.1. The molecule has 2 unspecified atom stereocenters. The van der Waals surface area contributed by atoms with Crippen molar-refractivity contribution >= 4 is 27.7 Å². The van der Waals surface area contributed by atoms with Crippen LogP contribution in [0.1, 0.15) is 24.2 Å². The van der Waals surface area contributed by atoms with E-state index in [0.717, 1.165) is 15.8 Å². The average molecular weight is 354 g/mol. The summed E-state index contributed by atoms with van der Waals surface area (Å²) in [6.07, 6.45) is 0.802. The first kappa shape index (κ1) is 15.5. The number of rotatable bonds is 5. The van der Waals surface area contributed by atoms with Gasteiger partial charge in [-0.3, -0.25) is 0 Å². The van der Waals surface area contributed by atoms with Gasteiger partial charge in [0.1, 0.15) is 5.82 Å². The zero-order valence-electron chi connectivity index (χ0n) is 11.2. The van der Waals surface area contributed by atoms with E-state index in [1.54, 1.807) is 17.8 Å². The van der Waals surface area contributed by atoms with E-state index in [2.05, 4.69) is 15.9 Å². The fraction of sp³-hybridized carbons (Fsp3) is 0.250. The van der Waals surface area contributed by atoms with Crippen molar-refractivity contribution in [1.29, 1.82) is 0 Å². The van der Waals surface area contributed by atoms with Crippen LogP contribution < -0.4 is 5.73 Å². The van der Waals surface area contributed by atoms with Gasteiger partial charge < -0.3 is 5.73 Å². The molecule has 2 aromatic carbocycles. The number of halogens is 2. The molecule has 0 fully saturated rings. The molecule has 0 radical (unpaired) electrons. The summed E-state index contributed by atoms with van der Waals surface area (Å²) in [4.78, 5) is 1.07. The quantitative estimate of drug-likeness (QED) is 0.751. The van der Waals surface area contributed by atoms with E-state index in [1.165, 1.54) is 6.07 Å². The fourth-order valence-electron chi connectivity index (χ4n) is 1.98. The number of hydrogen-bond acceptors (Lipinski definition) is 2. The van der Waals surface area contributed by atoms with E-state index < -0.39 is 0 Å². The van der Waals surface area contributed by atoms with Crippen LogP contribution >= 0.6 is 27.7 Å². The van der Waals surface area contributed by atoms with E-state index in [1.807, 2.05) is 43.3 Å². The highest BCUT2D eigenvalue weighted by atomic mass is 79.9. The molecule has 20 heavy (non-hydrogen) atoms. The van der Waals surface area contributed by atoms with Crippen molar-refractivity contribution in [2.24, 2.45) is 5.73 Å². The molecule has 2 N–H and O–H groups in total. The van der Waals surface area contributed by atoms with E-state index >= 15 is 0 Å². The van der Waals surface area contributed by atoms with Gasteiger partial charge in [-0.15, -0.1) is 11.8 Å². The normalized spacial score (nSPS) is 14.0. The minimum Gasteiger partial charge on any atom is -0.326 e. The Kier molecular flexibility index (Phi) is 5.64. The molecule has 0 aliphatic carbocycles. The summed E-state index contributed by atoms with van der Waals surface area (Å²) in [6, 6.07) is 14.7. The van der Waals surface area contributed by atoms with Gasteiger partial charge in [-0.25, -0.2) is 4.39 Å². The standard InChI is InChI=1S/C16H17BrFNS/c1-2-14(19)16(11-7-3-5-9-13(11)18)20-15-10-6-4-8-12(15)17/h3-10,14,16H,2,19H2,1H3. The van der Waals surface area contributed by atoms with Crippen LogP contribution in [-0.2, 0) is 0 Å². The number of hydrogen-bond donors (Lipinski definition) is 1. The second-order valence-corrected chi connectivity index (χ2v) is 6.60. The highest BCUT2D eigenvalue weighted by Crippen LogP contribution is 2.41. The molecule has 0 aliphatic rings. The van der Waals surface area contributed by atoms with Crippen LogP contribution in [-0.4, -0.2) is 6.04 Å². The van der Waals surface area contributed by atoms with Gasteiger partial charge in [0.05, 0.1) is 5.25 Å². The van der Waals surface area contributed by atoms with Crippen molar-refractivity contribution in [1.82, 2.24) is 0 Å². The Morgan fingerprint density at radius 1 is 1.15 bits per heavy atom. The SMILES string of the molecule is CCC(N)C(Sc1ccccc1Br)c1ccccc1F. The minimum absolute atomic E-state index is 0.0935. The molecule has 0 aromatic heterocycles. The Morgan fingerprint density at radius 3 is 2.45 bits per heavy atom. The molecular formula is C16H17BrFNS. The van der Waals surface area contributed by atoms with Gasteiger partial charge in [-0.2, -0.15) is 0 Å². The molecule has 0 amide bonds. The van der Waals surface area contributed by atoms with Gasteiger partial charge in [-0.1, -0.05) is 37.3 Å². The Bertz CT molecular complexity index is 576. The summed E-state index contributed by atoms with van der Waals surface area (Å²) in [5.74, 6) is -0.194. The fourth-order valence-corrected chi connectivity index (χ4v) is 3.84. The lowest BCUT2D eigenvalue weighted by Gasteiger charge is -2.23. The predicted octanol–water partition coefficient (Wildman–Crippen LogP) is 5.16. The molecule has 1 nitrogen and oxygen atoms in total. The third-order valence-corrected chi connectivity index (χ3v) is 5.58. The van der Waals surface area contributed by atoms with Crippen molar-refractivity contribution in [2.45, 2.75) is 29.5 Å². The van der Waals surface area contributed by atoms with E-state index in [0.29, 0.717) is 5.56 Å². The van der Waals surface area contributed by atoms with Crippen LogP contribution in [0, 0.1) is 5.82 Å².